The first kappa shape index (κ1) is 16.3. The van der Waals surface area contributed by atoms with E-state index in [9.17, 15) is 9.18 Å². The number of carbonyl (C=O) groups excluding carboxylic acids is 1. The number of hydrogen-bond donors (Lipinski definition) is 0. The highest BCUT2D eigenvalue weighted by Crippen LogP contribution is 2.34. The number of carbonyl (C=O) groups is 1. The Hall–Kier alpha value is -1.13. The molecule has 0 N–H and O–H groups in total. The van der Waals surface area contributed by atoms with Crippen LogP contribution in [0.15, 0.2) is 18.2 Å². The van der Waals surface area contributed by atoms with Gasteiger partial charge in [0.15, 0.2) is 0 Å². The molecule has 4 aliphatic rings. The van der Waals surface area contributed by atoms with Gasteiger partial charge in [0.25, 0.3) is 0 Å². The highest BCUT2D eigenvalue weighted by atomic mass is 35.5. The maximum absolute atomic E-state index is 14.1. The molecule has 4 fully saturated rings. The molecule has 3 aliphatic heterocycles. The van der Waals surface area contributed by atoms with E-state index in [1.807, 2.05) is 0 Å². The van der Waals surface area contributed by atoms with Crippen LogP contribution in [-0.4, -0.2) is 41.4 Å². The third-order valence-electron chi connectivity index (χ3n) is 5.95. The second kappa shape index (κ2) is 6.64. The van der Waals surface area contributed by atoms with Crippen molar-refractivity contribution >= 4 is 17.5 Å². The van der Waals surface area contributed by atoms with E-state index >= 15 is 0 Å². The molecule has 1 saturated carbocycles. The summed E-state index contributed by atoms with van der Waals surface area (Å²) in [5, 5.41) is 0.562. The van der Waals surface area contributed by atoms with Gasteiger partial charge < -0.3 is 4.90 Å². The number of rotatable bonds is 4. The molecule has 2 atom stereocenters. The molecule has 1 aromatic carbocycles. The molecule has 1 amide bonds. The van der Waals surface area contributed by atoms with Crippen LogP contribution < -0.4 is 0 Å². The molecule has 130 valence electrons. The maximum Gasteiger partial charge on any atom is 0.227 e. The highest BCUT2D eigenvalue weighted by molar-refractivity contribution is 6.30. The van der Waals surface area contributed by atoms with Crippen molar-refractivity contribution in [2.24, 2.45) is 11.8 Å². The molecule has 5 heteroatoms. The van der Waals surface area contributed by atoms with E-state index in [-0.39, 0.29) is 11.7 Å². The smallest absolute Gasteiger partial charge is 0.227 e. The molecule has 24 heavy (non-hydrogen) atoms. The predicted molar refractivity (Wildman–Crippen MR) is 92.3 cm³/mol. The van der Waals surface area contributed by atoms with Gasteiger partial charge >= 0.3 is 0 Å². The van der Waals surface area contributed by atoms with Gasteiger partial charge in [-0.1, -0.05) is 18.0 Å². The highest BCUT2D eigenvalue weighted by Gasteiger charge is 2.41. The fourth-order valence-electron chi connectivity index (χ4n) is 4.36. The molecule has 2 unspecified atom stereocenters. The van der Waals surface area contributed by atoms with Crippen LogP contribution in [0.4, 0.5) is 4.39 Å². The lowest BCUT2D eigenvalue weighted by Crippen LogP contribution is -2.50. The van der Waals surface area contributed by atoms with Gasteiger partial charge in [-0.2, -0.15) is 0 Å². The molecule has 3 heterocycles. The lowest BCUT2D eigenvalue weighted by Gasteiger charge is -2.40. The summed E-state index contributed by atoms with van der Waals surface area (Å²) in [6.07, 6.45) is 5.88. The summed E-state index contributed by atoms with van der Waals surface area (Å²) in [6.45, 7) is 3.05. The number of amides is 1. The van der Waals surface area contributed by atoms with Crippen LogP contribution >= 0.6 is 11.6 Å². The predicted octanol–water partition coefficient (Wildman–Crippen LogP) is 3.70. The van der Waals surface area contributed by atoms with Gasteiger partial charge in [-0.15, -0.1) is 0 Å². The van der Waals surface area contributed by atoms with Crippen molar-refractivity contribution in [1.29, 1.82) is 0 Å². The number of hydrogen-bond acceptors (Lipinski definition) is 2. The molecule has 2 bridgehead atoms. The van der Waals surface area contributed by atoms with E-state index in [1.54, 1.807) is 12.1 Å². The van der Waals surface area contributed by atoms with E-state index < -0.39 is 0 Å². The van der Waals surface area contributed by atoms with E-state index in [1.165, 1.54) is 25.3 Å². The van der Waals surface area contributed by atoms with Crippen molar-refractivity contribution in [3.05, 3.63) is 34.6 Å². The van der Waals surface area contributed by atoms with Gasteiger partial charge in [0.2, 0.25) is 5.91 Å². The van der Waals surface area contributed by atoms with Gasteiger partial charge in [0, 0.05) is 42.8 Å². The quantitative estimate of drug-likeness (QED) is 0.826. The number of fused-ring (bicyclic) bond motifs is 4. The third-order valence-corrected chi connectivity index (χ3v) is 6.19. The standard InChI is InChI=1S/C19H24ClFN2O/c20-16-5-7-18(21)15(8-16)11-22-10-14-4-6-17(12-22)23(19(14)24)9-13-2-1-3-13/h5,7-8,13-14,17H,1-4,6,9-12H2. The second-order valence-electron chi connectivity index (χ2n) is 7.65. The van der Waals surface area contributed by atoms with Crippen LogP contribution in [0.5, 0.6) is 0 Å². The first-order valence-electron chi connectivity index (χ1n) is 9.07. The Morgan fingerprint density at radius 1 is 1.17 bits per heavy atom. The number of nitrogens with zero attached hydrogens (tertiary/aromatic N) is 2. The average molecular weight is 351 g/mol. The monoisotopic (exact) mass is 350 g/mol. The van der Waals surface area contributed by atoms with Gasteiger partial charge in [-0.25, -0.2) is 4.39 Å². The summed E-state index contributed by atoms with van der Waals surface area (Å²) in [6, 6.07) is 5.01. The molecule has 0 radical (unpaired) electrons. The first-order chi connectivity index (χ1) is 11.6. The van der Waals surface area contributed by atoms with Gasteiger partial charge in [0.05, 0.1) is 5.92 Å². The summed E-state index contributed by atoms with van der Waals surface area (Å²) in [7, 11) is 0. The minimum Gasteiger partial charge on any atom is -0.338 e. The summed E-state index contributed by atoms with van der Waals surface area (Å²) in [5.41, 5.74) is 0.627. The van der Waals surface area contributed by atoms with Crippen molar-refractivity contribution in [3.8, 4) is 0 Å². The molecule has 1 aromatic rings. The molecule has 3 nitrogen and oxygen atoms in total. The van der Waals surface area contributed by atoms with Crippen molar-refractivity contribution in [2.75, 3.05) is 19.6 Å². The fraction of sp³-hybridized carbons (Fsp3) is 0.632. The van der Waals surface area contributed by atoms with Crippen LogP contribution in [0, 0.1) is 17.7 Å². The largest absolute Gasteiger partial charge is 0.338 e. The van der Waals surface area contributed by atoms with Gasteiger partial charge in [0.1, 0.15) is 5.82 Å². The summed E-state index contributed by atoms with van der Waals surface area (Å²) < 4.78 is 14.1. The third kappa shape index (κ3) is 3.18. The minimum absolute atomic E-state index is 0.0751. The molecule has 5 rings (SSSR count). The topological polar surface area (TPSA) is 23.6 Å². The lowest BCUT2D eigenvalue weighted by atomic mass is 9.83. The zero-order chi connectivity index (χ0) is 16.7. The Bertz CT molecular complexity index is 634. The second-order valence-corrected chi connectivity index (χ2v) is 8.08. The maximum atomic E-state index is 14.1. The molecule has 1 aliphatic carbocycles. The van der Waals surface area contributed by atoms with Gasteiger partial charge in [-0.05, 0) is 49.8 Å². The Balaban J connectivity index is 1.49. The Morgan fingerprint density at radius 3 is 2.75 bits per heavy atom. The van der Waals surface area contributed by atoms with Crippen LogP contribution in [0.1, 0.15) is 37.7 Å². The molecular weight excluding hydrogens is 327 g/mol. The number of benzene rings is 1. The van der Waals surface area contributed by atoms with Crippen LogP contribution in [-0.2, 0) is 11.3 Å². The van der Waals surface area contributed by atoms with E-state index in [2.05, 4.69) is 9.80 Å². The summed E-state index contributed by atoms with van der Waals surface area (Å²) in [5.74, 6) is 0.888. The summed E-state index contributed by atoms with van der Waals surface area (Å²) in [4.78, 5) is 17.2. The summed E-state index contributed by atoms with van der Waals surface area (Å²) >= 11 is 6.01. The van der Waals surface area contributed by atoms with Crippen molar-refractivity contribution in [2.45, 2.75) is 44.7 Å². The normalized spacial score (nSPS) is 28.1. The Kier molecular flexibility index (Phi) is 4.52. The fourth-order valence-corrected chi connectivity index (χ4v) is 4.55. The van der Waals surface area contributed by atoms with Crippen molar-refractivity contribution < 1.29 is 9.18 Å². The van der Waals surface area contributed by atoms with E-state index in [0.29, 0.717) is 35.0 Å². The van der Waals surface area contributed by atoms with E-state index in [0.717, 1.165) is 32.5 Å². The zero-order valence-electron chi connectivity index (χ0n) is 13.9. The first-order valence-corrected chi connectivity index (χ1v) is 9.44. The molecular formula is C19H24ClFN2O. The minimum atomic E-state index is -0.214. The molecule has 0 spiro atoms. The van der Waals surface area contributed by atoms with Crippen molar-refractivity contribution in [1.82, 2.24) is 9.80 Å². The zero-order valence-corrected chi connectivity index (χ0v) is 14.6. The average Bonchev–Trinajstić information content (AvgIpc) is 2.78. The lowest BCUT2D eigenvalue weighted by molar-refractivity contribution is -0.141. The molecule has 3 saturated heterocycles. The number of piperidine rings is 1. The van der Waals surface area contributed by atoms with Gasteiger partial charge in [-0.3, -0.25) is 9.69 Å². The van der Waals surface area contributed by atoms with Crippen LogP contribution in [0.3, 0.4) is 0 Å². The van der Waals surface area contributed by atoms with Crippen LogP contribution in [0.25, 0.3) is 0 Å². The van der Waals surface area contributed by atoms with Crippen LogP contribution in [0.2, 0.25) is 5.02 Å². The van der Waals surface area contributed by atoms with E-state index in [4.69, 9.17) is 11.6 Å². The Labute approximate surface area is 147 Å². The molecule has 0 aromatic heterocycles. The van der Waals surface area contributed by atoms with Crippen molar-refractivity contribution in [3.63, 3.8) is 0 Å². The number of halogens is 2. The Morgan fingerprint density at radius 2 is 2.00 bits per heavy atom. The SMILES string of the molecule is O=C1C2CCC(CN(Cc3cc(Cl)ccc3F)C2)N1CC1CCC1.